The molecule has 2 saturated heterocycles. The number of nitrogens with one attached hydrogen (secondary N) is 1. The summed E-state index contributed by atoms with van der Waals surface area (Å²) in [5.74, 6) is -1.24. The fourth-order valence-electron chi connectivity index (χ4n) is 4.43. The van der Waals surface area contributed by atoms with E-state index in [1.54, 1.807) is 6.07 Å². The molecule has 2 fully saturated rings. The number of hydrogen-bond donors (Lipinski definition) is 2. The molecule has 1 aromatic heterocycles. The molecule has 2 N–H and O–H groups in total. The van der Waals surface area contributed by atoms with Gasteiger partial charge in [0, 0.05) is 36.7 Å². The number of carbonyl (C=O) groups is 1. The van der Waals surface area contributed by atoms with Gasteiger partial charge in [-0.15, -0.1) is 0 Å². The smallest absolute Gasteiger partial charge is 0.322 e. The second-order valence-corrected chi connectivity index (χ2v) is 9.46. The van der Waals surface area contributed by atoms with Gasteiger partial charge in [0.15, 0.2) is 0 Å². The van der Waals surface area contributed by atoms with Crippen LogP contribution >= 0.6 is 0 Å². The summed E-state index contributed by atoms with van der Waals surface area (Å²) in [5, 5.41) is 10.2. The molecule has 3 heterocycles. The van der Waals surface area contributed by atoms with Crippen molar-refractivity contribution in [3.8, 4) is 0 Å². The Balaban J connectivity index is 1.50. The molecule has 2 aliphatic heterocycles. The molecule has 0 aliphatic carbocycles. The van der Waals surface area contributed by atoms with E-state index >= 15 is 0 Å². The highest BCUT2D eigenvalue weighted by Crippen LogP contribution is 2.35. The molecule has 0 saturated carbocycles. The lowest BCUT2D eigenvalue weighted by atomic mass is 9.90. The van der Waals surface area contributed by atoms with Gasteiger partial charge in [-0.25, -0.2) is 4.39 Å². The number of aromatic amines is 1. The monoisotopic (exact) mass is 409 g/mol. The lowest BCUT2D eigenvalue weighted by Crippen LogP contribution is -2.54. The number of aromatic nitrogens is 1. The van der Waals surface area contributed by atoms with Crippen LogP contribution in [0.1, 0.15) is 43.6 Å². The largest absolute Gasteiger partial charge is 0.480 e. The molecule has 0 unspecified atom stereocenters. The molecule has 9 heteroatoms. The van der Waals surface area contributed by atoms with Crippen LogP contribution in [0, 0.1) is 5.82 Å². The number of aliphatic carboxylic acids is 1. The fourth-order valence-corrected chi connectivity index (χ4v) is 6.27. The summed E-state index contributed by atoms with van der Waals surface area (Å²) in [6.45, 7) is 0.913. The molecular weight excluding hydrogens is 385 g/mol. The lowest BCUT2D eigenvalue weighted by Gasteiger charge is -2.38. The van der Waals surface area contributed by atoms with Crippen LogP contribution in [0.2, 0.25) is 0 Å². The van der Waals surface area contributed by atoms with Crippen LogP contribution in [0.5, 0.6) is 0 Å². The summed E-state index contributed by atoms with van der Waals surface area (Å²) in [5.41, 5.74) is 1.87. The summed E-state index contributed by atoms with van der Waals surface area (Å²) >= 11 is 0. The average molecular weight is 409 g/mol. The van der Waals surface area contributed by atoms with Gasteiger partial charge in [0.05, 0.1) is 0 Å². The van der Waals surface area contributed by atoms with E-state index in [1.165, 1.54) is 16.4 Å². The van der Waals surface area contributed by atoms with Gasteiger partial charge < -0.3 is 10.1 Å². The highest BCUT2D eigenvalue weighted by Gasteiger charge is 2.41. The molecule has 2 aromatic rings. The molecule has 0 amide bonds. The standard InChI is InChI=1S/C19H24FN3O4S/c20-14-4-5-17-15(11-14)16(12-21-17)13-6-9-22(10-7-13)28(26,27)23-8-2-1-3-18(23)19(24)25/h4-5,11-13,18,21H,1-3,6-10H2,(H,24,25)/t18-/m1/s1. The van der Waals surface area contributed by atoms with E-state index in [2.05, 4.69) is 4.98 Å². The minimum Gasteiger partial charge on any atom is -0.480 e. The average Bonchev–Trinajstić information content (AvgIpc) is 3.11. The normalized spacial score (nSPS) is 23.2. The van der Waals surface area contributed by atoms with Crippen molar-refractivity contribution in [1.29, 1.82) is 0 Å². The number of halogens is 1. The third-order valence-electron chi connectivity index (χ3n) is 5.93. The predicted molar refractivity (Wildman–Crippen MR) is 103 cm³/mol. The Morgan fingerprint density at radius 2 is 1.89 bits per heavy atom. The van der Waals surface area contributed by atoms with Crippen molar-refractivity contribution in [2.75, 3.05) is 19.6 Å². The van der Waals surface area contributed by atoms with E-state index in [0.29, 0.717) is 38.8 Å². The number of benzene rings is 1. The summed E-state index contributed by atoms with van der Waals surface area (Å²) in [7, 11) is -3.80. The zero-order valence-electron chi connectivity index (χ0n) is 15.5. The third kappa shape index (κ3) is 3.42. The van der Waals surface area contributed by atoms with Crippen LogP contribution in [0.3, 0.4) is 0 Å². The first kappa shape index (κ1) is 19.4. The van der Waals surface area contributed by atoms with Crippen molar-refractivity contribution in [3.05, 3.63) is 35.8 Å². The predicted octanol–water partition coefficient (Wildman–Crippen LogP) is 2.67. The van der Waals surface area contributed by atoms with E-state index in [4.69, 9.17) is 0 Å². The van der Waals surface area contributed by atoms with Crippen LogP contribution in [-0.4, -0.2) is 58.8 Å². The number of nitrogens with zero attached hydrogens (tertiary/aromatic N) is 2. The molecule has 2 aliphatic rings. The van der Waals surface area contributed by atoms with Gasteiger partial charge in [0.25, 0.3) is 10.2 Å². The Labute approximate surface area is 163 Å². The number of carboxylic acid groups (broad SMARTS) is 1. The molecule has 7 nitrogen and oxygen atoms in total. The van der Waals surface area contributed by atoms with Crippen LogP contribution in [-0.2, 0) is 15.0 Å². The summed E-state index contributed by atoms with van der Waals surface area (Å²) < 4.78 is 42.3. The minimum absolute atomic E-state index is 0.138. The van der Waals surface area contributed by atoms with Crippen LogP contribution in [0.15, 0.2) is 24.4 Å². The first-order valence-electron chi connectivity index (χ1n) is 9.64. The Bertz CT molecular complexity index is 982. The van der Waals surface area contributed by atoms with Crippen molar-refractivity contribution in [1.82, 2.24) is 13.6 Å². The van der Waals surface area contributed by atoms with E-state index in [9.17, 15) is 22.7 Å². The second kappa shape index (κ2) is 7.46. The third-order valence-corrected chi connectivity index (χ3v) is 7.98. The number of H-pyrrole nitrogens is 1. The molecular formula is C19H24FN3O4S. The van der Waals surface area contributed by atoms with E-state index in [0.717, 1.165) is 27.2 Å². The molecule has 1 aromatic carbocycles. The maximum absolute atomic E-state index is 13.6. The minimum atomic E-state index is -3.80. The number of carboxylic acids is 1. The Kier molecular flexibility index (Phi) is 5.15. The SMILES string of the molecule is O=C(O)[C@H]1CCCCN1S(=O)(=O)N1CCC(c2c[nH]c3ccc(F)cc23)CC1. The quantitative estimate of drug-likeness (QED) is 0.812. The van der Waals surface area contributed by atoms with Gasteiger partial charge in [-0.2, -0.15) is 17.0 Å². The highest BCUT2D eigenvalue weighted by molar-refractivity contribution is 7.86. The van der Waals surface area contributed by atoms with Gasteiger partial charge in [-0.05, 0) is 61.8 Å². The molecule has 0 radical (unpaired) electrons. The highest BCUT2D eigenvalue weighted by atomic mass is 32.2. The lowest BCUT2D eigenvalue weighted by molar-refractivity contribution is -0.142. The molecule has 28 heavy (non-hydrogen) atoms. The van der Waals surface area contributed by atoms with Crippen LogP contribution < -0.4 is 0 Å². The number of piperidine rings is 2. The van der Waals surface area contributed by atoms with Crippen molar-refractivity contribution in [2.24, 2.45) is 0 Å². The van der Waals surface area contributed by atoms with E-state index in [1.807, 2.05) is 6.20 Å². The maximum Gasteiger partial charge on any atom is 0.322 e. The Morgan fingerprint density at radius 3 is 2.61 bits per heavy atom. The van der Waals surface area contributed by atoms with Crippen LogP contribution in [0.4, 0.5) is 4.39 Å². The van der Waals surface area contributed by atoms with Crippen molar-refractivity contribution >= 4 is 27.1 Å². The van der Waals surface area contributed by atoms with E-state index < -0.39 is 22.2 Å². The first-order chi connectivity index (χ1) is 13.4. The Morgan fingerprint density at radius 1 is 1.14 bits per heavy atom. The zero-order valence-corrected chi connectivity index (χ0v) is 16.3. The maximum atomic E-state index is 13.6. The topological polar surface area (TPSA) is 93.7 Å². The molecule has 1 atom stereocenters. The van der Waals surface area contributed by atoms with Gasteiger partial charge in [0.1, 0.15) is 11.9 Å². The second-order valence-electron chi connectivity index (χ2n) is 7.58. The Hall–Kier alpha value is -1.97. The first-order valence-corrected chi connectivity index (χ1v) is 11.0. The van der Waals surface area contributed by atoms with Gasteiger partial charge >= 0.3 is 5.97 Å². The zero-order chi connectivity index (χ0) is 19.9. The fraction of sp³-hybridized carbons (Fsp3) is 0.526. The van der Waals surface area contributed by atoms with Crippen molar-refractivity contribution in [2.45, 2.75) is 44.1 Å². The molecule has 152 valence electrons. The summed E-state index contributed by atoms with van der Waals surface area (Å²) in [4.78, 5) is 14.6. The summed E-state index contributed by atoms with van der Waals surface area (Å²) in [6, 6.07) is 3.65. The van der Waals surface area contributed by atoms with Gasteiger partial charge in [-0.1, -0.05) is 0 Å². The van der Waals surface area contributed by atoms with Gasteiger partial charge in [0.2, 0.25) is 0 Å². The van der Waals surface area contributed by atoms with Gasteiger partial charge in [-0.3, -0.25) is 4.79 Å². The van der Waals surface area contributed by atoms with Crippen molar-refractivity contribution < 1.29 is 22.7 Å². The van der Waals surface area contributed by atoms with Crippen LogP contribution in [0.25, 0.3) is 10.9 Å². The summed E-state index contributed by atoms with van der Waals surface area (Å²) in [6.07, 6.45) is 4.88. The van der Waals surface area contributed by atoms with E-state index in [-0.39, 0.29) is 18.3 Å². The number of hydrogen-bond acceptors (Lipinski definition) is 3. The molecule has 4 rings (SSSR count). The number of fused-ring (bicyclic) bond motifs is 1. The number of rotatable bonds is 4. The van der Waals surface area contributed by atoms with Crippen molar-refractivity contribution in [3.63, 3.8) is 0 Å². The molecule has 0 bridgehead atoms. The molecule has 0 spiro atoms.